The quantitative estimate of drug-likeness (QED) is 0.673. The Morgan fingerprint density at radius 3 is 2.00 bits per heavy atom. The fraction of sp³-hybridized carbons (Fsp3) is 0. The SMILES string of the molecule is C=Cc1ccc([SiH2]c2ccccc2)cc1. The van der Waals surface area contributed by atoms with Gasteiger partial charge in [0, 0.05) is 0 Å². The van der Waals surface area contributed by atoms with Crippen molar-refractivity contribution < 1.29 is 0 Å². The molecular weight excluding hydrogens is 196 g/mol. The lowest BCUT2D eigenvalue weighted by molar-refractivity contribution is 1.70. The largest absolute Gasteiger partial charge is 0.0985 e. The Kier molecular flexibility index (Phi) is 3.15. The zero-order valence-electron chi connectivity index (χ0n) is 8.69. The smallest absolute Gasteiger partial charge is 0.0875 e. The molecule has 0 N–H and O–H groups in total. The fourth-order valence-corrected chi connectivity index (χ4v) is 3.05. The summed E-state index contributed by atoms with van der Waals surface area (Å²) < 4.78 is 0. The minimum absolute atomic E-state index is 0.292. The molecule has 0 aliphatic heterocycles. The van der Waals surface area contributed by atoms with Crippen molar-refractivity contribution in [3.05, 3.63) is 66.7 Å². The molecule has 0 aliphatic carbocycles. The van der Waals surface area contributed by atoms with Gasteiger partial charge in [-0.15, -0.1) is 0 Å². The van der Waals surface area contributed by atoms with Crippen LogP contribution in [0.3, 0.4) is 0 Å². The van der Waals surface area contributed by atoms with E-state index >= 15 is 0 Å². The van der Waals surface area contributed by atoms with Gasteiger partial charge in [-0.1, -0.05) is 77.6 Å². The molecule has 2 aromatic carbocycles. The summed E-state index contributed by atoms with van der Waals surface area (Å²) in [6.07, 6.45) is 1.88. The first kappa shape index (κ1) is 9.93. The second kappa shape index (κ2) is 4.76. The maximum Gasteiger partial charge on any atom is 0.0875 e. The fourth-order valence-electron chi connectivity index (χ4n) is 1.60. The van der Waals surface area contributed by atoms with Crippen LogP contribution in [0.2, 0.25) is 0 Å². The van der Waals surface area contributed by atoms with E-state index in [2.05, 4.69) is 61.2 Å². The first-order valence-electron chi connectivity index (χ1n) is 5.14. The number of rotatable bonds is 3. The van der Waals surface area contributed by atoms with Crippen molar-refractivity contribution >= 4 is 26.0 Å². The van der Waals surface area contributed by atoms with Crippen LogP contribution >= 0.6 is 0 Å². The summed E-state index contributed by atoms with van der Waals surface area (Å²) >= 11 is 0. The van der Waals surface area contributed by atoms with E-state index in [1.807, 2.05) is 6.08 Å². The maximum atomic E-state index is 3.76. The number of benzene rings is 2. The molecule has 0 aliphatic rings. The summed E-state index contributed by atoms with van der Waals surface area (Å²) in [6.45, 7) is 3.76. The molecule has 0 aromatic heterocycles. The van der Waals surface area contributed by atoms with Gasteiger partial charge >= 0.3 is 0 Å². The lowest BCUT2D eigenvalue weighted by atomic mass is 10.2. The zero-order chi connectivity index (χ0) is 10.5. The average Bonchev–Trinajstić information content (AvgIpc) is 2.31. The highest BCUT2D eigenvalue weighted by molar-refractivity contribution is 6.67. The Balaban J connectivity index is 2.15. The Labute approximate surface area is 93.1 Å². The van der Waals surface area contributed by atoms with Gasteiger partial charge in [-0.2, -0.15) is 0 Å². The van der Waals surface area contributed by atoms with Gasteiger partial charge in [0.1, 0.15) is 0 Å². The van der Waals surface area contributed by atoms with Crippen LogP contribution in [0.25, 0.3) is 6.08 Å². The van der Waals surface area contributed by atoms with Gasteiger partial charge in [0.15, 0.2) is 0 Å². The van der Waals surface area contributed by atoms with Gasteiger partial charge in [-0.25, -0.2) is 0 Å². The molecule has 15 heavy (non-hydrogen) atoms. The number of hydrogen-bond acceptors (Lipinski definition) is 0. The molecule has 0 atom stereocenters. The molecule has 0 heterocycles. The zero-order valence-corrected chi connectivity index (χ0v) is 10.1. The van der Waals surface area contributed by atoms with Crippen LogP contribution in [0.4, 0.5) is 0 Å². The predicted molar refractivity (Wildman–Crippen MR) is 70.8 cm³/mol. The molecule has 0 bridgehead atoms. The summed E-state index contributed by atoms with van der Waals surface area (Å²) in [7, 11) is -0.292. The van der Waals surface area contributed by atoms with E-state index in [0.29, 0.717) is 0 Å². The summed E-state index contributed by atoms with van der Waals surface area (Å²) in [5.74, 6) is 0. The lowest BCUT2D eigenvalue weighted by Gasteiger charge is -2.01. The second-order valence-electron chi connectivity index (χ2n) is 3.61. The first-order valence-corrected chi connectivity index (χ1v) is 6.55. The summed E-state index contributed by atoms with van der Waals surface area (Å²) in [5, 5.41) is 2.97. The molecule has 1 heteroatoms. The third-order valence-electron chi connectivity index (χ3n) is 2.47. The Morgan fingerprint density at radius 2 is 1.40 bits per heavy atom. The Hall–Kier alpha value is -1.60. The molecule has 0 unspecified atom stereocenters. The molecule has 0 nitrogen and oxygen atoms in total. The molecule has 2 aromatic rings. The van der Waals surface area contributed by atoms with Crippen LogP contribution in [0.15, 0.2) is 61.2 Å². The van der Waals surface area contributed by atoms with Crippen LogP contribution in [-0.2, 0) is 0 Å². The van der Waals surface area contributed by atoms with Gasteiger partial charge < -0.3 is 0 Å². The van der Waals surface area contributed by atoms with E-state index in [1.165, 1.54) is 15.9 Å². The molecule has 0 radical (unpaired) electrons. The molecule has 0 amide bonds. The standard InChI is InChI=1S/C14H14Si/c1-2-12-8-10-14(11-9-12)15-13-6-4-3-5-7-13/h2-11H,1,15H2. The monoisotopic (exact) mass is 210 g/mol. The van der Waals surface area contributed by atoms with Crippen molar-refractivity contribution in [3.8, 4) is 0 Å². The highest BCUT2D eigenvalue weighted by Gasteiger charge is 1.95. The van der Waals surface area contributed by atoms with E-state index in [4.69, 9.17) is 0 Å². The topological polar surface area (TPSA) is 0 Å². The Bertz CT molecular complexity index is 429. The van der Waals surface area contributed by atoms with E-state index in [-0.39, 0.29) is 9.52 Å². The van der Waals surface area contributed by atoms with Crippen molar-refractivity contribution in [1.29, 1.82) is 0 Å². The van der Waals surface area contributed by atoms with E-state index in [0.717, 1.165) is 0 Å². The molecule has 0 saturated heterocycles. The van der Waals surface area contributed by atoms with Gasteiger partial charge in [0.05, 0.1) is 9.52 Å². The highest BCUT2D eigenvalue weighted by Crippen LogP contribution is 1.97. The van der Waals surface area contributed by atoms with Crippen molar-refractivity contribution in [2.45, 2.75) is 0 Å². The van der Waals surface area contributed by atoms with Crippen molar-refractivity contribution in [3.63, 3.8) is 0 Å². The van der Waals surface area contributed by atoms with Crippen LogP contribution in [-0.4, -0.2) is 9.52 Å². The summed E-state index contributed by atoms with van der Waals surface area (Å²) in [5.41, 5.74) is 1.20. The summed E-state index contributed by atoms with van der Waals surface area (Å²) in [6, 6.07) is 19.4. The van der Waals surface area contributed by atoms with E-state index < -0.39 is 0 Å². The van der Waals surface area contributed by atoms with Crippen molar-refractivity contribution in [2.24, 2.45) is 0 Å². The average molecular weight is 210 g/mol. The van der Waals surface area contributed by atoms with Crippen LogP contribution in [0.1, 0.15) is 5.56 Å². The lowest BCUT2D eigenvalue weighted by Crippen LogP contribution is -2.26. The first-order chi connectivity index (χ1) is 7.38. The van der Waals surface area contributed by atoms with Gasteiger partial charge in [0.2, 0.25) is 0 Å². The molecule has 2 rings (SSSR count). The second-order valence-corrected chi connectivity index (χ2v) is 5.59. The number of hydrogen-bond donors (Lipinski definition) is 0. The van der Waals surface area contributed by atoms with Crippen LogP contribution in [0, 0.1) is 0 Å². The summed E-state index contributed by atoms with van der Waals surface area (Å²) in [4.78, 5) is 0. The van der Waals surface area contributed by atoms with E-state index in [1.54, 1.807) is 0 Å². The predicted octanol–water partition coefficient (Wildman–Crippen LogP) is 1.45. The van der Waals surface area contributed by atoms with Crippen molar-refractivity contribution in [1.82, 2.24) is 0 Å². The maximum absolute atomic E-state index is 3.76. The third kappa shape index (κ3) is 2.67. The van der Waals surface area contributed by atoms with Crippen molar-refractivity contribution in [2.75, 3.05) is 0 Å². The molecular formula is C14H14Si. The minimum atomic E-state index is -0.292. The molecule has 0 saturated carbocycles. The van der Waals surface area contributed by atoms with Gasteiger partial charge in [-0.3, -0.25) is 0 Å². The molecule has 0 spiro atoms. The van der Waals surface area contributed by atoms with Crippen LogP contribution in [0.5, 0.6) is 0 Å². The Morgan fingerprint density at radius 1 is 0.800 bits per heavy atom. The van der Waals surface area contributed by atoms with Gasteiger partial charge in [-0.05, 0) is 5.56 Å². The molecule has 74 valence electrons. The van der Waals surface area contributed by atoms with Gasteiger partial charge in [0.25, 0.3) is 0 Å². The van der Waals surface area contributed by atoms with Crippen LogP contribution < -0.4 is 10.4 Å². The highest BCUT2D eigenvalue weighted by atomic mass is 28.2. The molecule has 0 fully saturated rings. The third-order valence-corrected chi connectivity index (χ3v) is 4.23. The van der Waals surface area contributed by atoms with E-state index in [9.17, 15) is 0 Å². The minimum Gasteiger partial charge on any atom is -0.0985 e. The normalized spacial score (nSPS) is 10.7.